The molecule has 6 nitrogen and oxygen atoms in total. The van der Waals surface area contributed by atoms with E-state index in [2.05, 4.69) is 25.4 Å². The van der Waals surface area contributed by atoms with Crippen LogP contribution in [-0.2, 0) is 16.6 Å². The van der Waals surface area contributed by atoms with Gasteiger partial charge in [-0.2, -0.15) is 0 Å². The Morgan fingerprint density at radius 1 is 1.26 bits per heavy atom. The highest BCUT2D eigenvalue weighted by atomic mass is 32.2. The average Bonchev–Trinajstić information content (AvgIpc) is 2.86. The van der Waals surface area contributed by atoms with Crippen LogP contribution in [0.25, 0.3) is 10.2 Å². The molecule has 8 heteroatoms. The van der Waals surface area contributed by atoms with Gasteiger partial charge in [0.1, 0.15) is 12.1 Å². The van der Waals surface area contributed by atoms with Gasteiger partial charge in [0, 0.05) is 12.2 Å². The first-order valence-electron chi connectivity index (χ1n) is 6.92. The largest absolute Gasteiger partial charge is 0.365 e. The Bertz CT molecular complexity index is 951. The number of rotatable bonds is 5. The maximum atomic E-state index is 11.3. The molecule has 0 atom stereocenters. The lowest BCUT2D eigenvalue weighted by atomic mass is 10.2. The van der Waals surface area contributed by atoms with E-state index in [0.717, 1.165) is 33.4 Å². The van der Waals surface area contributed by atoms with E-state index in [1.165, 1.54) is 0 Å². The minimum atomic E-state index is -3.28. The number of benzene rings is 1. The molecule has 0 aliphatic heterocycles. The average molecular weight is 348 g/mol. The Morgan fingerprint density at radius 2 is 2.09 bits per heavy atom. The highest BCUT2D eigenvalue weighted by Crippen LogP contribution is 2.28. The Labute approximate surface area is 138 Å². The third-order valence-corrected chi connectivity index (χ3v) is 4.92. The van der Waals surface area contributed by atoms with Crippen LogP contribution in [-0.4, -0.2) is 24.6 Å². The van der Waals surface area contributed by atoms with Gasteiger partial charge in [-0.15, -0.1) is 11.3 Å². The van der Waals surface area contributed by atoms with Crippen molar-refractivity contribution in [3.05, 3.63) is 47.1 Å². The van der Waals surface area contributed by atoms with Crippen molar-refractivity contribution in [1.82, 2.24) is 9.97 Å². The van der Waals surface area contributed by atoms with E-state index < -0.39 is 10.0 Å². The fraction of sp³-hybridized carbons (Fsp3) is 0.200. The van der Waals surface area contributed by atoms with Crippen molar-refractivity contribution in [3.63, 3.8) is 0 Å². The summed E-state index contributed by atoms with van der Waals surface area (Å²) in [5.74, 6) is 0.787. The molecule has 2 heterocycles. The standard InChI is InChI=1S/C15H16N4O2S2/c1-10-8-22-14-13(10)17-9-18-15(14)16-7-11-4-3-5-12(6-11)19-23(2,20)21/h3-6,8-9,19H,7H2,1-2H3,(H,16,17,18). The third kappa shape index (κ3) is 3.77. The molecule has 0 saturated carbocycles. The number of hydrogen-bond acceptors (Lipinski definition) is 6. The Kier molecular flexibility index (Phi) is 4.18. The van der Waals surface area contributed by atoms with Crippen molar-refractivity contribution in [2.24, 2.45) is 0 Å². The van der Waals surface area contributed by atoms with Crippen molar-refractivity contribution in [1.29, 1.82) is 0 Å². The van der Waals surface area contributed by atoms with Crippen LogP contribution < -0.4 is 10.0 Å². The molecule has 0 saturated heterocycles. The van der Waals surface area contributed by atoms with Crippen LogP contribution in [0.2, 0.25) is 0 Å². The van der Waals surface area contributed by atoms with Gasteiger partial charge in [0.2, 0.25) is 10.0 Å². The summed E-state index contributed by atoms with van der Waals surface area (Å²) < 4.78 is 26.1. The second kappa shape index (κ2) is 6.13. The van der Waals surface area contributed by atoms with Gasteiger partial charge in [0.15, 0.2) is 0 Å². The Morgan fingerprint density at radius 3 is 2.87 bits per heavy atom. The summed E-state index contributed by atoms with van der Waals surface area (Å²) in [4.78, 5) is 8.59. The number of anilines is 2. The highest BCUT2D eigenvalue weighted by Gasteiger charge is 2.08. The Balaban J connectivity index is 1.79. The first-order chi connectivity index (χ1) is 10.9. The molecule has 2 aromatic heterocycles. The first kappa shape index (κ1) is 15.7. The molecule has 3 rings (SSSR count). The smallest absolute Gasteiger partial charge is 0.229 e. The summed E-state index contributed by atoms with van der Waals surface area (Å²) in [6.07, 6.45) is 2.68. The number of sulfonamides is 1. The molecule has 0 aliphatic rings. The van der Waals surface area contributed by atoms with Crippen molar-refractivity contribution in [3.8, 4) is 0 Å². The molecule has 0 fully saturated rings. The molecule has 2 N–H and O–H groups in total. The van der Waals surface area contributed by atoms with E-state index in [0.29, 0.717) is 12.2 Å². The van der Waals surface area contributed by atoms with Crippen molar-refractivity contribution >= 4 is 43.1 Å². The number of hydrogen-bond donors (Lipinski definition) is 2. The van der Waals surface area contributed by atoms with Crippen LogP contribution in [0.3, 0.4) is 0 Å². The zero-order valence-electron chi connectivity index (χ0n) is 12.7. The van der Waals surface area contributed by atoms with Gasteiger partial charge in [-0.25, -0.2) is 18.4 Å². The van der Waals surface area contributed by atoms with E-state index in [1.54, 1.807) is 29.8 Å². The number of nitrogens with zero attached hydrogens (tertiary/aromatic N) is 2. The molecular formula is C15H16N4O2S2. The lowest BCUT2D eigenvalue weighted by Gasteiger charge is -2.09. The SMILES string of the molecule is Cc1csc2c(NCc3cccc(NS(C)(=O)=O)c3)ncnc12. The molecule has 0 spiro atoms. The summed E-state index contributed by atoms with van der Waals surface area (Å²) >= 11 is 1.61. The first-order valence-corrected chi connectivity index (χ1v) is 9.69. The fourth-order valence-electron chi connectivity index (χ4n) is 2.24. The van der Waals surface area contributed by atoms with Gasteiger partial charge < -0.3 is 5.32 Å². The van der Waals surface area contributed by atoms with Gasteiger partial charge in [-0.3, -0.25) is 4.72 Å². The van der Waals surface area contributed by atoms with Crippen LogP contribution in [0.4, 0.5) is 11.5 Å². The molecule has 0 amide bonds. The van der Waals surface area contributed by atoms with Crippen LogP contribution in [0, 0.1) is 6.92 Å². The third-order valence-electron chi connectivity index (χ3n) is 3.22. The maximum Gasteiger partial charge on any atom is 0.229 e. The van der Waals surface area contributed by atoms with Crippen LogP contribution in [0.15, 0.2) is 36.0 Å². The Hall–Kier alpha value is -2.19. The normalized spacial score (nSPS) is 11.6. The lowest BCUT2D eigenvalue weighted by Crippen LogP contribution is -2.10. The number of fused-ring (bicyclic) bond motifs is 1. The minimum absolute atomic E-state index is 0.544. The van der Waals surface area contributed by atoms with E-state index in [-0.39, 0.29) is 0 Å². The number of nitrogens with one attached hydrogen (secondary N) is 2. The van der Waals surface area contributed by atoms with Crippen LogP contribution in [0.1, 0.15) is 11.1 Å². The number of thiophene rings is 1. The maximum absolute atomic E-state index is 11.3. The summed E-state index contributed by atoms with van der Waals surface area (Å²) in [5.41, 5.74) is 3.60. The minimum Gasteiger partial charge on any atom is -0.365 e. The van der Waals surface area contributed by atoms with Gasteiger partial charge in [0.25, 0.3) is 0 Å². The van der Waals surface area contributed by atoms with Crippen molar-refractivity contribution in [2.75, 3.05) is 16.3 Å². The molecule has 0 aliphatic carbocycles. The van der Waals surface area contributed by atoms with Crippen molar-refractivity contribution < 1.29 is 8.42 Å². The molecule has 3 aromatic rings. The fourth-order valence-corrected chi connectivity index (χ4v) is 3.76. The topological polar surface area (TPSA) is 84.0 Å². The van der Waals surface area contributed by atoms with E-state index in [1.807, 2.05) is 19.1 Å². The lowest BCUT2D eigenvalue weighted by molar-refractivity contribution is 0.607. The molecule has 0 bridgehead atoms. The molecule has 0 unspecified atom stereocenters. The molecular weight excluding hydrogens is 332 g/mol. The quantitative estimate of drug-likeness (QED) is 0.740. The zero-order valence-corrected chi connectivity index (χ0v) is 14.3. The van der Waals surface area contributed by atoms with E-state index in [4.69, 9.17) is 0 Å². The summed E-state index contributed by atoms with van der Waals surface area (Å²) in [6, 6.07) is 7.26. The monoisotopic (exact) mass is 348 g/mol. The summed E-state index contributed by atoms with van der Waals surface area (Å²) in [6.45, 7) is 2.57. The predicted octanol–water partition coefficient (Wildman–Crippen LogP) is 2.98. The summed E-state index contributed by atoms with van der Waals surface area (Å²) in [7, 11) is -3.28. The second-order valence-corrected chi connectivity index (χ2v) is 7.87. The van der Waals surface area contributed by atoms with Gasteiger partial charge in [0.05, 0.1) is 16.5 Å². The second-order valence-electron chi connectivity index (χ2n) is 5.25. The molecule has 1 aromatic carbocycles. The van der Waals surface area contributed by atoms with Gasteiger partial charge >= 0.3 is 0 Å². The highest BCUT2D eigenvalue weighted by molar-refractivity contribution is 7.92. The zero-order chi connectivity index (χ0) is 16.4. The molecule has 120 valence electrons. The van der Waals surface area contributed by atoms with E-state index in [9.17, 15) is 8.42 Å². The molecule has 0 radical (unpaired) electrons. The van der Waals surface area contributed by atoms with Gasteiger partial charge in [-0.1, -0.05) is 12.1 Å². The van der Waals surface area contributed by atoms with Crippen molar-refractivity contribution in [2.45, 2.75) is 13.5 Å². The van der Waals surface area contributed by atoms with E-state index >= 15 is 0 Å². The predicted molar refractivity (Wildman–Crippen MR) is 94.4 cm³/mol. The van der Waals surface area contributed by atoms with Crippen LogP contribution in [0.5, 0.6) is 0 Å². The van der Waals surface area contributed by atoms with Crippen LogP contribution >= 0.6 is 11.3 Å². The summed E-state index contributed by atoms with van der Waals surface area (Å²) in [5, 5.41) is 5.35. The molecule has 23 heavy (non-hydrogen) atoms. The number of aryl methyl sites for hydroxylation is 1. The van der Waals surface area contributed by atoms with Gasteiger partial charge in [-0.05, 0) is 35.6 Å². The number of aromatic nitrogens is 2.